The Labute approximate surface area is 265 Å². The van der Waals surface area contributed by atoms with Crippen molar-refractivity contribution in [1.82, 2.24) is 0 Å². The Morgan fingerprint density at radius 2 is 1.50 bits per heavy atom. The second-order valence-electron chi connectivity index (χ2n) is 14.5. The second kappa shape index (κ2) is 12.1. The van der Waals surface area contributed by atoms with Gasteiger partial charge < -0.3 is 13.9 Å². The van der Waals surface area contributed by atoms with Crippen LogP contribution in [0.5, 0.6) is 5.75 Å². The molecule has 0 aliphatic heterocycles. The molecule has 3 aromatic carbocycles. The molecular weight excluding hydrogens is 561 g/mol. The summed E-state index contributed by atoms with van der Waals surface area (Å²) in [5, 5.41) is 2.49. The highest BCUT2D eigenvalue weighted by Gasteiger charge is 2.60. The second-order valence-corrected chi connectivity index (χ2v) is 18.8. The van der Waals surface area contributed by atoms with Gasteiger partial charge in [-0.05, 0) is 65.2 Å². The monoisotopic (exact) mass is 608 g/mol. The van der Waals surface area contributed by atoms with E-state index in [0.29, 0.717) is 25.4 Å². The quantitative estimate of drug-likeness (QED) is 0.185. The van der Waals surface area contributed by atoms with E-state index in [-0.39, 0.29) is 27.9 Å². The van der Waals surface area contributed by atoms with Crippen LogP contribution in [-0.2, 0) is 20.6 Å². The minimum absolute atomic E-state index is 0.0909. The fraction of sp³-hybridized carbons (Fsp3) is 0.462. The van der Waals surface area contributed by atoms with E-state index in [1.807, 2.05) is 12.1 Å². The lowest BCUT2D eigenvalue weighted by molar-refractivity contribution is -0.125. The fourth-order valence-corrected chi connectivity index (χ4v) is 13.3. The van der Waals surface area contributed by atoms with E-state index < -0.39 is 8.32 Å². The minimum atomic E-state index is -2.72. The van der Waals surface area contributed by atoms with Crippen molar-refractivity contribution >= 4 is 24.5 Å². The van der Waals surface area contributed by atoms with Crippen molar-refractivity contribution in [2.45, 2.75) is 84.0 Å². The summed E-state index contributed by atoms with van der Waals surface area (Å²) in [5.74, 6) is 1.16. The van der Waals surface area contributed by atoms with Gasteiger partial charge in [0.25, 0.3) is 8.32 Å². The summed E-state index contributed by atoms with van der Waals surface area (Å²) in [5.41, 5.74) is 2.15. The molecule has 4 atom stereocenters. The van der Waals surface area contributed by atoms with Crippen LogP contribution in [0.3, 0.4) is 0 Å². The first-order valence-electron chi connectivity index (χ1n) is 16.4. The Balaban J connectivity index is 1.30. The molecule has 3 aromatic rings. The van der Waals surface area contributed by atoms with Crippen LogP contribution in [0, 0.1) is 16.7 Å². The third-order valence-corrected chi connectivity index (χ3v) is 16.0. The maximum atomic E-state index is 13.9. The van der Waals surface area contributed by atoms with Crippen molar-refractivity contribution in [2.75, 3.05) is 13.7 Å². The lowest BCUT2D eigenvalue weighted by Crippen LogP contribution is -2.67. The summed E-state index contributed by atoms with van der Waals surface area (Å²) in [6, 6.07) is 29.9. The van der Waals surface area contributed by atoms with E-state index in [9.17, 15) is 4.79 Å². The maximum Gasteiger partial charge on any atom is 0.261 e. The van der Waals surface area contributed by atoms with Gasteiger partial charge in [0, 0.05) is 29.8 Å². The molecule has 5 heteroatoms. The Bertz CT molecular complexity index is 1440. The summed E-state index contributed by atoms with van der Waals surface area (Å²) in [6.07, 6.45) is 7.97. The Morgan fingerprint density at radius 1 is 0.864 bits per heavy atom. The van der Waals surface area contributed by atoms with E-state index in [2.05, 4.69) is 107 Å². The van der Waals surface area contributed by atoms with E-state index in [4.69, 9.17) is 13.9 Å². The summed E-state index contributed by atoms with van der Waals surface area (Å²) in [6.45, 7) is 10.5. The van der Waals surface area contributed by atoms with Gasteiger partial charge in [0.15, 0.2) is 0 Å². The predicted octanol–water partition coefficient (Wildman–Crippen LogP) is 7.64. The molecule has 0 radical (unpaired) electrons. The van der Waals surface area contributed by atoms with Crippen LogP contribution in [0.1, 0.15) is 71.8 Å². The molecule has 2 saturated carbocycles. The van der Waals surface area contributed by atoms with E-state index in [1.54, 1.807) is 7.11 Å². The van der Waals surface area contributed by atoms with Crippen molar-refractivity contribution in [1.29, 1.82) is 0 Å². The molecule has 3 aliphatic rings. The van der Waals surface area contributed by atoms with E-state index in [1.165, 1.54) is 15.9 Å². The number of carbonyl (C=O) groups is 1. The van der Waals surface area contributed by atoms with Gasteiger partial charge in [0.1, 0.15) is 11.5 Å². The number of carbonyl (C=O) groups excluding carboxylic acids is 1. The Morgan fingerprint density at radius 3 is 2.09 bits per heavy atom. The summed E-state index contributed by atoms with van der Waals surface area (Å²) in [4.78, 5) is 13.9. The number of methoxy groups -OCH3 is 1. The summed E-state index contributed by atoms with van der Waals surface area (Å²) in [7, 11) is -1.03. The van der Waals surface area contributed by atoms with Crippen molar-refractivity contribution < 1.29 is 18.7 Å². The zero-order valence-corrected chi connectivity index (χ0v) is 28.1. The smallest absolute Gasteiger partial charge is 0.261 e. The zero-order chi connectivity index (χ0) is 31.0. The number of rotatable bonds is 9. The number of hydrogen-bond donors (Lipinski definition) is 0. The maximum absolute atomic E-state index is 13.9. The minimum Gasteiger partial charge on any atom is -0.497 e. The van der Waals surface area contributed by atoms with E-state index in [0.717, 1.165) is 43.4 Å². The lowest BCUT2D eigenvalue weighted by atomic mass is 9.53. The average Bonchev–Trinajstić information content (AvgIpc) is 3.37. The largest absolute Gasteiger partial charge is 0.497 e. The van der Waals surface area contributed by atoms with Crippen molar-refractivity contribution in [2.24, 2.45) is 16.7 Å². The first kappa shape index (κ1) is 31.0. The molecule has 2 fully saturated rings. The van der Waals surface area contributed by atoms with Crippen LogP contribution in [0.2, 0.25) is 5.04 Å². The van der Waals surface area contributed by atoms with Crippen LogP contribution in [0.15, 0.2) is 96.6 Å². The topological polar surface area (TPSA) is 44.8 Å². The van der Waals surface area contributed by atoms with Gasteiger partial charge in [0.05, 0.1) is 19.8 Å². The third kappa shape index (κ3) is 5.31. The van der Waals surface area contributed by atoms with Gasteiger partial charge in [-0.25, -0.2) is 0 Å². The predicted molar refractivity (Wildman–Crippen MR) is 180 cm³/mol. The van der Waals surface area contributed by atoms with Gasteiger partial charge >= 0.3 is 0 Å². The van der Waals surface area contributed by atoms with Gasteiger partial charge in [0.2, 0.25) is 0 Å². The molecule has 44 heavy (non-hydrogen) atoms. The molecule has 4 nitrogen and oxygen atoms in total. The summed E-state index contributed by atoms with van der Waals surface area (Å²) >= 11 is 0. The standard InChI is InChI=1S/C39H48O4Si/c1-37(2,3)44(31-13-8-6-9-14-31,32-15-10-7-11-16-32)43-28-39-24-23-34(40)36(39)33-17-12-18-35(38(33,4)25-26-39)42-27-29-19-21-30(41-5)22-20-29/h6-11,13-17,19-22,35-36H,12,18,23-28H2,1-5H3/t35-,36+,38+,39+/m0/s1. The van der Waals surface area contributed by atoms with Crippen LogP contribution in [0.25, 0.3) is 0 Å². The first-order chi connectivity index (χ1) is 21.1. The third-order valence-electron chi connectivity index (χ3n) is 11.0. The zero-order valence-electron chi connectivity index (χ0n) is 27.1. The van der Waals surface area contributed by atoms with Crippen molar-refractivity contribution in [3.05, 3.63) is 102 Å². The molecule has 0 bridgehead atoms. The number of ketones is 1. The summed E-state index contributed by atoms with van der Waals surface area (Å²) < 4.78 is 19.6. The first-order valence-corrected chi connectivity index (χ1v) is 18.3. The number of Topliss-reactive ketones (excluding diaryl/α,β-unsaturated/α-hetero) is 1. The molecule has 0 spiro atoms. The number of benzene rings is 3. The number of ether oxygens (including phenoxy) is 2. The number of allylic oxidation sites excluding steroid dienone is 1. The average molecular weight is 609 g/mol. The highest BCUT2D eigenvalue weighted by Crippen LogP contribution is 2.62. The Kier molecular flexibility index (Phi) is 8.51. The van der Waals surface area contributed by atoms with Crippen LogP contribution >= 0.6 is 0 Å². The van der Waals surface area contributed by atoms with Crippen LogP contribution in [-0.4, -0.2) is 33.9 Å². The lowest BCUT2D eigenvalue weighted by Gasteiger charge is -2.54. The van der Waals surface area contributed by atoms with Gasteiger partial charge in [-0.15, -0.1) is 0 Å². The van der Waals surface area contributed by atoms with Crippen molar-refractivity contribution in [3.8, 4) is 5.75 Å². The van der Waals surface area contributed by atoms with Crippen LogP contribution in [0.4, 0.5) is 0 Å². The highest BCUT2D eigenvalue weighted by atomic mass is 28.4. The van der Waals surface area contributed by atoms with Crippen molar-refractivity contribution in [3.63, 3.8) is 0 Å². The van der Waals surface area contributed by atoms with Crippen LogP contribution < -0.4 is 15.1 Å². The van der Waals surface area contributed by atoms with Gasteiger partial charge in [-0.1, -0.05) is 112 Å². The fourth-order valence-electron chi connectivity index (χ4n) is 8.59. The molecule has 0 amide bonds. The van der Waals surface area contributed by atoms with E-state index >= 15 is 0 Å². The van der Waals surface area contributed by atoms with Gasteiger partial charge in [-0.3, -0.25) is 4.79 Å². The molecule has 0 heterocycles. The Hall–Kier alpha value is -2.99. The molecule has 0 N–H and O–H groups in total. The highest BCUT2D eigenvalue weighted by molar-refractivity contribution is 6.99. The molecule has 0 aromatic heterocycles. The molecule has 232 valence electrons. The normalized spacial score (nSPS) is 26.9. The molecule has 3 aliphatic carbocycles. The molecule has 6 rings (SSSR count). The molecular formula is C39H48O4Si. The van der Waals surface area contributed by atoms with Gasteiger partial charge in [-0.2, -0.15) is 0 Å². The molecule has 0 saturated heterocycles. The number of fused-ring (bicyclic) bond motifs is 3. The molecule has 0 unspecified atom stereocenters. The number of hydrogen-bond acceptors (Lipinski definition) is 4. The SMILES string of the molecule is COc1ccc(CO[C@H]2CCC=C3[C@@H]4C(=O)CC[C@]4(CO[Si](c4ccccc4)(c4ccccc4)C(C)(C)C)CC[C@]32C)cc1.